The summed E-state index contributed by atoms with van der Waals surface area (Å²) in [5.41, 5.74) is 14.7. The molecule has 0 bridgehead atoms. The number of nitrogens with zero attached hydrogens (tertiary/aromatic N) is 2. The molecule has 1 amide bonds. The van der Waals surface area contributed by atoms with Crippen molar-refractivity contribution in [3.63, 3.8) is 0 Å². The van der Waals surface area contributed by atoms with Gasteiger partial charge in [0, 0.05) is 18.0 Å². The molecule has 0 unspecified atom stereocenters. The molecule has 0 aliphatic heterocycles. The second-order valence-electron chi connectivity index (χ2n) is 6.33. The average molecular weight is 439 g/mol. The van der Waals surface area contributed by atoms with Crippen LogP contribution in [0.4, 0.5) is 0 Å². The van der Waals surface area contributed by atoms with Gasteiger partial charge in [-0.05, 0) is 28.8 Å². The molecule has 3 aromatic rings. The van der Waals surface area contributed by atoms with Gasteiger partial charge in [-0.25, -0.2) is 0 Å². The predicted octanol–water partition coefficient (Wildman–Crippen LogP) is 2.59. The zero-order valence-corrected chi connectivity index (χ0v) is 17.5. The van der Waals surface area contributed by atoms with E-state index in [9.17, 15) is 13.2 Å². The lowest BCUT2D eigenvalue weighted by molar-refractivity contribution is -0.112. The minimum absolute atomic E-state index is 0.277. The Bertz CT molecular complexity index is 1180. The van der Waals surface area contributed by atoms with Gasteiger partial charge in [-0.15, -0.1) is 0 Å². The zero-order chi connectivity index (χ0) is 22.9. The number of carbonyl (C=O) groups is 1. The molecule has 0 saturated heterocycles. The van der Waals surface area contributed by atoms with Gasteiger partial charge in [0.1, 0.15) is 0 Å². The number of nitrogens with two attached hydrogens (primary N) is 2. The first kappa shape index (κ1) is 23.5. The van der Waals surface area contributed by atoms with Crippen molar-refractivity contribution < 1.29 is 17.8 Å². The Kier molecular flexibility index (Phi) is 8.18. The van der Waals surface area contributed by atoms with Crippen molar-refractivity contribution in [1.29, 1.82) is 0 Å². The Hall–Kier alpha value is -3.82. The van der Waals surface area contributed by atoms with Crippen LogP contribution in [0.15, 0.2) is 84.1 Å². The molecule has 160 valence electrons. The minimum Gasteiger partial charge on any atom is -0.370 e. The first-order valence-electron chi connectivity index (χ1n) is 8.98. The summed E-state index contributed by atoms with van der Waals surface area (Å²) < 4.78 is 25.9. The molecule has 0 atom stereocenters. The number of rotatable bonds is 4. The number of benzene rings is 2. The van der Waals surface area contributed by atoms with Crippen LogP contribution in [0.25, 0.3) is 22.8 Å². The van der Waals surface area contributed by atoms with Crippen molar-refractivity contribution in [3.8, 4) is 11.1 Å². The van der Waals surface area contributed by atoms with Crippen LogP contribution in [0.5, 0.6) is 0 Å². The first-order valence-corrected chi connectivity index (χ1v) is 10.8. The monoisotopic (exact) mass is 438 g/mol. The zero-order valence-electron chi connectivity index (χ0n) is 16.7. The number of carbonyl (C=O) groups excluding carboxylic acids is 1. The van der Waals surface area contributed by atoms with E-state index in [0.717, 1.165) is 16.7 Å². The SMILES string of the molecule is CS(=O)(=O)O.NC(N)=NC(=O)/C(=C/c1ccccc1-c1ccccc1)c1cccnc1. The van der Waals surface area contributed by atoms with Gasteiger partial charge in [-0.1, -0.05) is 60.7 Å². The van der Waals surface area contributed by atoms with E-state index in [1.165, 1.54) is 0 Å². The van der Waals surface area contributed by atoms with Crippen LogP contribution in [-0.4, -0.2) is 36.1 Å². The molecule has 8 nitrogen and oxygen atoms in total. The molecular formula is C22H22N4O4S. The molecule has 31 heavy (non-hydrogen) atoms. The van der Waals surface area contributed by atoms with E-state index in [1.54, 1.807) is 30.6 Å². The van der Waals surface area contributed by atoms with Crippen LogP contribution in [0.3, 0.4) is 0 Å². The maximum absolute atomic E-state index is 12.6. The molecule has 1 heterocycles. The summed E-state index contributed by atoms with van der Waals surface area (Å²) in [7, 11) is -3.67. The Morgan fingerprint density at radius 1 is 1.00 bits per heavy atom. The molecule has 0 aliphatic rings. The molecule has 0 aliphatic carbocycles. The van der Waals surface area contributed by atoms with Crippen LogP contribution >= 0.6 is 0 Å². The van der Waals surface area contributed by atoms with Crippen molar-refractivity contribution >= 4 is 33.6 Å². The second-order valence-corrected chi connectivity index (χ2v) is 7.79. The third-order valence-electron chi connectivity index (χ3n) is 3.78. The molecule has 0 radical (unpaired) electrons. The third-order valence-corrected chi connectivity index (χ3v) is 3.78. The van der Waals surface area contributed by atoms with E-state index < -0.39 is 16.0 Å². The summed E-state index contributed by atoms with van der Waals surface area (Å²) in [4.78, 5) is 20.3. The minimum atomic E-state index is -3.67. The fourth-order valence-electron chi connectivity index (χ4n) is 2.63. The van der Waals surface area contributed by atoms with Crippen LogP contribution in [0.1, 0.15) is 11.1 Å². The smallest absolute Gasteiger partial charge is 0.280 e. The fraction of sp³-hybridized carbons (Fsp3) is 0.0455. The van der Waals surface area contributed by atoms with E-state index in [-0.39, 0.29) is 5.96 Å². The van der Waals surface area contributed by atoms with Gasteiger partial charge >= 0.3 is 0 Å². The molecular weight excluding hydrogens is 416 g/mol. The first-order chi connectivity index (χ1) is 14.6. The molecule has 1 aromatic heterocycles. The Balaban J connectivity index is 0.000000614. The predicted molar refractivity (Wildman–Crippen MR) is 122 cm³/mol. The lowest BCUT2D eigenvalue weighted by Crippen LogP contribution is -2.24. The average Bonchev–Trinajstić information content (AvgIpc) is 2.72. The molecule has 2 aromatic carbocycles. The van der Waals surface area contributed by atoms with E-state index in [0.29, 0.717) is 17.4 Å². The van der Waals surface area contributed by atoms with Crippen molar-refractivity contribution in [1.82, 2.24) is 4.98 Å². The molecule has 0 fully saturated rings. The second kappa shape index (κ2) is 10.8. The Morgan fingerprint density at radius 2 is 1.61 bits per heavy atom. The lowest BCUT2D eigenvalue weighted by atomic mass is 9.96. The number of pyridine rings is 1. The van der Waals surface area contributed by atoms with Gasteiger partial charge in [-0.2, -0.15) is 13.4 Å². The van der Waals surface area contributed by atoms with Gasteiger partial charge < -0.3 is 11.5 Å². The quantitative estimate of drug-likeness (QED) is 0.245. The number of guanidine groups is 1. The van der Waals surface area contributed by atoms with Crippen molar-refractivity contribution in [2.45, 2.75) is 0 Å². The van der Waals surface area contributed by atoms with Crippen LogP contribution in [0, 0.1) is 0 Å². The standard InChI is InChI=1S/C21H18N4O.CH4O3S/c22-21(23)25-20(26)19(17-10-6-12-24-14-17)13-16-9-4-5-11-18(16)15-7-2-1-3-8-15;1-5(2,3)4/h1-14H,(H4,22,23,25,26);1H3,(H,2,3,4)/b19-13+;. The number of aromatic nitrogens is 1. The van der Waals surface area contributed by atoms with Gasteiger partial charge in [0.25, 0.3) is 16.0 Å². The van der Waals surface area contributed by atoms with Crippen molar-refractivity contribution in [2.75, 3.05) is 6.26 Å². The van der Waals surface area contributed by atoms with Crippen molar-refractivity contribution in [3.05, 3.63) is 90.3 Å². The Morgan fingerprint density at radius 3 is 2.19 bits per heavy atom. The van der Waals surface area contributed by atoms with Crippen LogP contribution in [0.2, 0.25) is 0 Å². The molecule has 9 heteroatoms. The highest BCUT2D eigenvalue weighted by Crippen LogP contribution is 2.28. The highest BCUT2D eigenvalue weighted by molar-refractivity contribution is 7.85. The van der Waals surface area contributed by atoms with Crippen molar-refractivity contribution in [2.24, 2.45) is 16.5 Å². The lowest BCUT2D eigenvalue weighted by Gasteiger charge is -2.09. The van der Waals surface area contributed by atoms with Gasteiger partial charge in [0.15, 0.2) is 5.96 Å². The number of hydrogen-bond acceptors (Lipinski definition) is 4. The van der Waals surface area contributed by atoms with Crippen LogP contribution < -0.4 is 11.5 Å². The van der Waals surface area contributed by atoms with Gasteiger partial charge in [0.05, 0.1) is 11.8 Å². The summed E-state index contributed by atoms with van der Waals surface area (Å²) in [6.07, 6.45) is 5.75. The van der Waals surface area contributed by atoms with Crippen LogP contribution in [-0.2, 0) is 14.9 Å². The molecule has 0 saturated carbocycles. The normalized spacial score (nSPS) is 11.1. The number of hydrogen-bond donors (Lipinski definition) is 3. The highest BCUT2D eigenvalue weighted by atomic mass is 32.2. The fourth-order valence-corrected chi connectivity index (χ4v) is 2.63. The summed E-state index contributed by atoms with van der Waals surface area (Å²) in [5.74, 6) is -0.790. The maximum atomic E-state index is 12.6. The number of aliphatic imine (C=N–C) groups is 1. The molecule has 3 rings (SSSR count). The molecule has 0 spiro atoms. The molecule has 5 N–H and O–H groups in total. The van der Waals surface area contributed by atoms with E-state index in [1.807, 2.05) is 54.6 Å². The number of amides is 1. The maximum Gasteiger partial charge on any atom is 0.280 e. The van der Waals surface area contributed by atoms with Gasteiger partial charge in [0.2, 0.25) is 0 Å². The van der Waals surface area contributed by atoms with E-state index in [2.05, 4.69) is 9.98 Å². The van der Waals surface area contributed by atoms with E-state index >= 15 is 0 Å². The Labute approximate surface area is 180 Å². The van der Waals surface area contributed by atoms with Gasteiger partial charge in [-0.3, -0.25) is 14.3 Å². The topological polar surface area (TPSA) is 149 Å². The highest BCUT2D eigenvalue weighted by Gasteiger charge is 2.13. The summed E-state index contributed by atoms with van der Waals surface area (Å²) in [6, 6.07) is 21.3. The largest absolute Gasteiger partial charge is 0.370 e. The van der Waals surface area contributed by atoms with E-state index in [4.69, 9.17) is 16.0 Å². The third kappa shape index (κ3) is 8.21. The summed E-state index contributed by atoms with van der Waals surface area (Å²) in [5, 5.41) is 0. The summed E-state index contributed by atoms with van der Waals surface area (Å²) >= 11 is 0. The summed E-state index contributed by atoms with van der Waals surface area (Å²) in [6.45, 7) is 0.